The second-order valence-corrected chi connectivity index (χ2v) is 3.32. The van der Waals surface area contributed by atoms with Gasteiger partial charge in [-0.2, -0.15) is 5.10 Å². The summed E-state index contributed by atoms with van der Waals surface area (Å²) >= 11 is 0. The third-order valence-electron chi connectivity index (χ3n) is 2.02. The summed E-state index contributed by atoms with van der Waals surface area (Å²) < 4.78 is 1.73. The van der Waals surface area contributed by atoms with Crippen molar-refractivity contribution in [2.24, 2.45) is 0 Å². The van der Waals surface area contributed by atoms with Crippen molar-refractivity contribution in [1.29, 1.82) is 0 Å². The van der Waals surface area contributed by atoms with Crippen molar-refractivity contribution >= 4 is 0 Å². The van der Waals surface area contributed by atoms with Crippen molar-refractivity contribution in [2.75, 3.05) is 13.2 Å². The van der Waals surface area contributed by atoms with E-state index in [1.807, 2.05) is 12.4 Å². The number of aromatic nitrogens is 2. The maximum absolute atomic E-state index is 8.71. The van der Waals surface area contributed by atoms with E-state index in [4.69, 9.17) is 11.5 Å². The van der Waals surface area contributed by atoms with E-state index in [0.717, 1.165) is 31.5 Å². The lowest BCUT2D eigenvalue weighted by Gasteiger charge is -2.00. The van der Waals surface area contributed by atoms with Crippen molar-refractivity contribution in [1.82, 2.24) is 15.1 Å². The topological polar surface area (TPSA) is 50.1 Å². The molecule has 0 aromatic carbocycles. The minimum absolute atomic E-state index is 0.122. The van der Waals surface area contributed by atoms with Gasteiger partial charge in [0.1, 0.15) is 0 Å². The Balaban J connectivity index is 2.17. The van der Waals surface area contributed by atoms with E-state index >= 15 is 0 Å². The van der Waals surface area contributed by atoms with Crippen molar-refractivity contribution in [3.63, 3.8) is 0 Å². The fourth-order valence-electron chi connectivity index (χ4n) is 1.27. The molecule has 4 nitrogen and oxygen atoms in total. The van der Waals surface area contributed by atoms with Crippen LogP contribution >= 0.6 is 0 Å². The SMILES string of the molecule is C#CCCCNCc1cnn(CCO)c1. The summed E-state index contributed by atoms with van der Waals surface area (Å²) in [7, 11) is 0. The second-order valence-electron chi connectivity index (χ2n) is 3.32. The maximum Gasteiger partial charge on any atom is 0.0640 e. The summed E-state index contributed by atoms with van der Waals surface area (Å²) in [6, 6.07) is 0. The van der Waals surface area contributed by atoms with E-state index in [9.17, 15) is 0 Å². The van der Waals surface area contributed by atoms with Crippen LogP contribution in [0.2, 0.25) is 0 Å². The van der Waals surface area contributed by atoms with Crippen LogP contribution in [0.3, 0.4) is 0 Å². The average Bonchev–Trinajstić information content (AvgIpc) is 2.66. The Labute approximate surface area is 90.3 Å². The number of nitrogens with one attached hydrogen (secondary N) is 1. The summed E-state index contributed by atoms with van der Waals surface area (Å²) in [5, 5.41) is 16.1. The number of hydrogen-bond donors (Lipinski definition) is 2. The van der Waals surface area contributed by atoms with Gasteiger partial charge in [0.05, 0.1) is 19.3 Å². The van der Waals surface area contributed by atoms with Gasteiger partial charge >= 0.3 is 0 Å². The zero-order valence-electron chi connectivity index (χ0n) is 8.82. The molecule has 2 N–H and O–H groups in total. The highest BCUT2D eigenvalue weighted by molar-refractivity contribution is 5.03. The van der Waals surface area contributed by atoms with Crippen molar-refractivity contribution in [2.45, 2.75) is 25.9 Å². The van der Waals surface area contributed by atoms with Crippen LogP contribution in [0.5, 0.6) is 0 Å². The largest absolute Gasteiger partial charge is 0.394 e. The van der Waals surface area contributed by atoms with Gasteiger partial charge in [-0.25, -0.2) is 0 Å². The maximum atomic E-state index is 8.71. The lowest BCUT2D eigenvalue weighted by atomic mass is 10.3. The molecule has 1 aromatic rings. The monoisotopic (exact) mass is 207 g/mol. The van der Waals surface area contributed by atoms with E-state index in [-0.39, 0.29) is 6.61 Å². The molecule has 1 heterocycles. The van der Waals surface area contributed by atoms with Gasteiger partial charge in [0, 0.05) is 24.7 Å². The van der Waals surface area contributed by atoms with Gasteiger partial charge in [-0.15, -0.1) is 12.3 Å². The van der Waals surface area contributed by atoms with Crippen LogP contribution in [0.15, 0.2) is 12.4 Å². The molecular formula is C11H17N3O. The van der Waals surface area contributed by atoms with Crippen LogP contribution < -0.4 is 5.32 Å². The Hall–Kier alpha value is -1.31. The van der Waals surface area contributed by atoms with Gasteiger partial charge in [0.25, 0.3) is 0 Å². The molecular weight excluding hydrogens is 190 g/mol. The molecule has 0 amide bonds. The molecule has 0 radical (unpaired) electrons. The summed E-state index contributed by atoms with van der Waals surface area (Å²) in [5.74, 6) is 2.60. The molecule has 82 valence electrons. The zero-order chi connectivity index (χ0) is 10.9. The molecule has 15 heavy (non-hydrogen) atoms. The Morgan fingerprint density at radius 1 is 1.60 bits per heavy atom. The lowest BCUT2D eigenvalue weighted by Crippen LogP contribution is -2.14. The molecule has 1 aromatic heterocycles. The predicted molar refractivity (Wildman–Crippen MR) is 59.1 cm³/mol. The quantitative estimate of drug-likeness (QED) is 0.502. The van der Waals surface area contributed by atoms with Gasteiger partial charge in [0.2, 0.25) is 0 Å². The van der Waals surface area contributed by atoms with Gasteiger partial charge in [-0.1, -0.05) is 0 Å². The first-order chi connectivity index (χ1) is 7.36. The molecule has 0 bridgehead atoms. The molecule has 0 spiro atoms. The minimum Gasteiger partial charge on any atom is -0.394 e. The van der Waals surface area contributed by atoms with Gasteiger partial charge in [-0.05, 0) is 13.0 Å². The Bertz CT molecular complexity index is 314. The van der Waals surface area contributed by atoms with E-state index in [1.54, 1.807) is 4.68 Å². The van der Waals surface area contributed by atoms with Crippen LogP contribution in [-0.2, 0) is 13.1 Å². The Morgan fingerprint density at radius 2 is 2.47 bits per heavy atom. The summed E-state index contributed by atoms with van der Waals surface area (Å²) in [6.45, 7) is 2.40. The summed E-state index contributed by atoms with van der Waals surface area (Å²) in [6.07, 6.45) is 10.7. The van der Waals surface area contributed by atoms with Crippen LogP contribution in [0.1, 0.15) is 18.4 Å². The standard InChI is InChI=1S/C11H17N3O/c1-2-3-4-5-12-8-11-9-13-14(10-11)6-7-15/h1,9-10,12,15H,3-8H2. The third kappa shape index (κ3) is 4.63. The zero-order valence-corrected chi connectivity index (χ0v) is 8.82. The first-order valence-electron chi connectivity index (χ1n) is 5.13. The molecule has 0 atom stereocenters. The first-order valence-corrected chi connectivity index (χ1v) is 5.13. The molecule has 0 saturated carbocycles. The Morgan fingerprint density at radius 3 is 3.20 bits per heavy atom. The molecule has 4 heteroatoms. The van der Waals surface area contributed by atoms with Crippen LogP contribution in [0, 0.1) is 12.3 Å². The minimum atomic E-state index is 0.122. The van der Waals surface area contributed by atoms with Crippen molar-refractivity contribution < 1.29 is 5.11 Å². The van der Waals surface area contributed by atoms with E-state index < -0.39 is 0 Å². The van der Waals surface area contributed by atoms with E-state index in [0.29, 0.717) is 6.54 Å². The average molecular weight is 207 g/mol. The third-order valence-corrected chi connectivity index (χ3v) is 2.02. The van der Waals surface area contributed by atoms with Crippen LogP contribution in [0.4, 0.5) is 0 Å². The van der Waals surface area contributed by atoms with Crippen molar-refractivity contribution in [3.05, 3.63) is 18.0 Å². The van der Waals surface area contributed by atoms with Crippen LogP contribution in [0.25, 0.3) is 0 Å². The number of rotatable bonds is 7. The highest BCUT2D eigenvalue weighted by atomic mass is 16.3. The molecule has 1 rings (SSSR count). The number of hydrogen-bond acceptors (Lipinski definition) is 3. The number of nitrogens with zero attached hydrogens (tertiary/aromatic N) is 2. The fourth-order valence-corrected chi connectivity index (χ4v) is 1.27. The molecule has 0 aliphatic rings. The highest BCUT2D eigenvalue weighted by Crippen LogP contribution is 1.97. The van der Waals surface area contributed by atoms with Gasteiger partial charge in [-0.3, -0.25) is 4.68 Å². The smallest absolute Gasteiger partial charge is 0.0640 e. The van der Waals surface area contributed by atoms with Gasteiger partial charge in [0.15, 0.2) is 0 Å². The van der Waals surface area contributed by atoms with Crippen LogP contribution in [-0.4, -0.2) is 28.0 Å². The molecule has 0 aliphatic carbocycles. The molecule has 0 saturated heterocycles. The number of aliphatic hydroxyl groups is 1. The number of terminal acetylenes is 1. The summed E-state index contributed by atoms with van der Waals surface area (Å²) in [4.78, 5) is 0. The first kappa shape index (κ1) is 11.8. The molecule has 0 aliphatic heterocycles. The Kier molecular flexibility index (Phi) is 5.52. The second kappa shape index (κ2) is 7.04. The fraction of sp³-hybridized carbons (Fsp3) is 0.545. The molecule has 0 fully saturated rings. The number of aliphatic hydroxyl groups excluding tert-OH is 1. The lowest BCUT2D eigenvalue weighted by molar-refractivity contribution is 0.269. The molecule has 0 unspecified atom stereocenters. The normalized spacial score (nSPS) is 10.1. The van der Waals surface area contributed by atoms with Crippen molar-refractivity contribution in [3.8, 4) is 12.3 Å². The van der Waals surface area contributed by atoms with E-state index in [2.05, 4.69) is 16.3 Å². The number of unbranched alkanes of at least 4 members (excludes halogenated alkanes) is 1. The summed E-state index contributed by atoms with van der Waals surface area (Å²) in [5.41, 5.74) is 1.13. The predicted octanol–water partition coefficient (Wildman–Crippen LogP) is 0.378. The highest BCUT2D eigenvalue weighted by Gasteiger charge is 1.97. The van der Waals surface area contributed by atoms with E-state index in [1.165, 1.54) is 0 Å². The van der Waals surface area contributed by atoms with Gasteiger partial charge < -0.3 is 10.4 Å².